The number of methoxy groups -OCH3 is 1. The Morgan fingerprint density at radius 2 is 1.88 bits per heavy atom. The summed E-state index contributed by atoms with van der Waals surface area (Å²) in [7, 11) is 3.34. The van der Waals surface area contributed by atoms with Crippen molar-refractivity contribution in [2.24, 2.45) is 7.05 Å². The van der Waals surface area contributed by atoms with Crippen molar-refractivity contribution in [3.8, 4) is 11.5 Å². The highest BCUT2D eigenvalue weighted by Gasteiger charge is 2.41. The number of halogens is 1. The number of hydrogen-bond acceptors (Lipinski definition) is 5. The van der Waals surface area contributed by atoms with Crippen molar-refractivity contribution in [2.75, 3.05) is 12.4 Å². The van der Waals surface area contributed by atoms with Gasteiger partial charge < -0.3 is 20.1 Å². The van der Waals surface area contributed by atoms with Gasteiger partial charge in [0.15, 0.2) is 11.5 Å². The molecule has 0 unspecified atom stereocenters. The van der Waals surface area contributed by atoms with Gasteiger partial charge in [0.2, 0.25) is 5.91 Å². The molecule has 0 aliphatic carbocycles. The predicted octanol–water partition coefficient (Wildman–Crippen LogP) is 4.06. The third-order valence-corrected chi connectivity index (χ3v) is 5.99. The van der Waals surface area contributed by atoms with Crippen LogP contribution >= 0.6 is 11.6 Å². The van der Waals surface area contributed by atoms with Crippen LogP contribution in [0.15, 0.2) is 42.5 Å². The molecular formula is C25H27ClN4O4. The van der Waals surface area contributed by atoms with Crippen LogP contribution in [0.25, 0.3) is 0 Å². The van der Waals surface area contributed by atoms with Crippen molar-refractivity contribution in [1.29, 1.82) is 0 Å². The fourth-order valence-electron chi connectivity index (χ4n) is 4.27. The smallest absolute Gasteiger partial charge is 0.251 e. The third kappa shape index (κ3) is 4.46. The van der Waals surface area contributed by atoms with E-state index in [0.29, 0.717) is 27.9 Å². The number of fused-ring (bicyclic) bond motifs is 1. The van der Waals surface area contributed by atoms with Crippen LogP contribution in [0.1, 0.15) is 46.9 Å². The number of anilines is 1. The van der Waals surface area contributed by atoms with Crippen LogP contribution in [0.4, 0.5) is 5.82 Å². The number of nitrogens with zero attached hydrogens (tertiary/aromatic N) is 2. The van der Waals surface area contributed by atoms with Crippen LogP contribution < -0.4 is 20.1 Å². The molecule has 2 heterocycles. The number of nitrogens with one attached hydrogen (secondary N) is 2. The summed E-state index contributed by atoms with van der Waals surface area (Å²) in [6, 6.07) is 11.2. The molecule has 34 heavy (non-hydrogen) atoms. The lowest BCUT2D eigenvalue weighted by Gasteiger charge is -2.33. The van der Waals surface area contributed by atoms with Gasteiger partial charge in [-0.2, -0.15) is 5.10 Å². The first-order valence-electron chi connectivity index (χ1n) is 10.9. The van der Waals surface area contributed by atoms with Gasteiger partial charge in [-0.05, 0) is 62.7 Å². The SMILES string of the molecule is COc1cc([C@@H]2c3c(C)nn(C)c3NC(=O)[C@H]2NC(=O)c2ccc(Cl)cc2)ccc1OC(C)C. The Labute approximate surface area is 203 Å². The maximum Gasteiger partial charge on any atom is 0.251 e. The number of hydrogen-bond donors (Lipinski definition) is 2. The molecule has 0 saturated carbocycles. The van der Waals surface area contributed by atoms with Gasteiger partial charge in [-0.25, -0.2) is 0 Å². The lowest BCUT2D eigenvalue weighted by Crippen LogP contribution is -2.50. The maximum absolute atomic E-state index is 13.2. The molecule has 0 radical (unpaired) electrons. The number of aromatic nitrogens is 2. The predicted molar refractivity (Wildman–Crippen MR) is 130 cm³/mol. The molecule has 8 nitrogen and oxygen atoms in total. The monoisotopic (exact) mass is 482 g/mol. The number of benzene rings is 2. The van der Waals surface area contributed by atoms with Gasteiger partial charge in [0.25, 0.3) is 5.91 Å². The molecule has 1 aliphatic heterocycles. The quantitative estimate of drug-likeness (QED) is 0.552. The molecule has 2 atom stereocenters. The number of rotatable bonds is 6. The minimum absolute atomic E-state index is 0.0289. The molecule has 2 aromatic carbocycles. The van der Waals surface area contributed by atoms with Gasteiger partial charge in [0.05, 0.1) is 18.9 Å². The maximum atomic E-state index is 13.2. The van der Waals surface area contributed by atoms with Crippen molar-refractivity contribution in [1.82, 2.24) is 15.1 Å². The highest BCUT2D eigenvalue weighted by Crippen LogP contribution is 2.42. The highest BCUT2D eigenvalue weighted by atomic mass is 35.5. The molecule has 2 amide bonds. The summed E-state index contributed by atoms with van der Waals surface area (Å²) in [5.41, 5.74) is 2.79. The Kier molecular flexibility index (Phi) is 6.52. The fraction of sp³-hybridized carbons (Fsp3) is 0.320. The summed E-state index contributed by atoms with van der Waals surface area (Å²) < 4.78 is 13.1. The Bertz CT molecular complexity index is 1240. The molecule has 9 heteroatoms. The van der Waals surface area contributed by atoms with E-state index in [1.54, 1.807) is 43.1 Å². The molecule has 1 aliphatic rings. The van der Waals surface area contributed by atoms with Crippen molar-refractivity contribution in [3.05, 3.63) is 69.9 Å². The van der Waals surface area contributed by atoms with E-state index in [4.69, 9.17) is 21.1 Å². The van der Waals surface area contributed by atoms with Crippen molar-refractivity contribution >= 4 is 29.2 Å². The number of ether oxygens (including phenoxy) is 2. The lowest BCUT2D eigenvalue weighted by molar-refractivity contribution is -0.118. The van der Waals surface area contributed by atoms with Crippen LogP contribution in [0.2, 0.25) is 5.02 Å². The van der Waals surface area contributed by atoms with Crippen molar-refractivity contribution < 1.29 is 19.1 Å². The van der Waals surface area contributed by atoms with E-state index in [2.05, 4.69) is 15.7 Å². The number of aryl methyl sites for hydroxylation is 2. The van der Waals surface area contributed by atoms with E-state index in [1.807, 2.05) is 39.0 Å². The van der Waals surface area contributed by atoms with Gasteiger partial charge in [-0.1, -0.05) is 17.7 Å². The van der Waals surface area contributed by atoms with Crippen molar-refractivity contribution in [2.45, 2.75) is 38.8 Å². The Hall–Kier alpha value is -3.52. The Balaban J connectivity index is 1.79. The molecule has 2 N–H and O–H groups in total. The van der Waals surface area contributed by atoms with E-state index in [-0.39, 0.29) is 17.9 Å². The first kappa shape index (κ1) is 23.6. The minimum atomic E-state index is -0.875. The molecule has 4 rings (SSSR count). The number of carbonyl (C=O) groups is 2. The number of carbonyl (C=O) groups excluding carboxylic acids is 2. The summed E-state index contributed by atoms with van der Waals surface area (Å²) in [4.78, 5) is 26.3. The van der Waals surface area contributed by atoms with Crippen LogP contribution in [0.3, 0.4) is 0 Å². The van der Waals surface area contributed by atoms with E-state index >= 15 is 0 Å². The second kappa shape index (κ2) is 9.38. The van der Waals surface area contributed by atoms with Crippen LogP contribution in [0.5, 0.6) is 11.5 Å². The summed E-state index contributed by atoms with van der Waals surface area (Å²) in [5, 5.41) is 10.8. The van der Waals surface area contributed by atoms with E-state index < -0.39 is 12.0 Å². The van der Waals surface area contributed by atoms with Gasteiger partial charge in [0, 0.05) is 29.1 Å². The molecule has 3 aromatic rings. The summed E-state index contributed by atoms with van der Waals surface area (Å²) in [6.45, 7) is 5.76. The van der Waals surface area contributed by atoms with E-state index in [0.717, 1.165) is 16.8 Å². The third-order valence-electron chi connectivity index (χ3n) is 5.74. The second-order valence-corrected chi connectivity index (χ2v) is 8.91. The zero-order valence-electron chi connectivity index (χ0n) is 19.7. The zero-order valence-corrected chi connectivity index (χ0v) is 20.4. The molecule has 0 fully saturated rings. The average molecular weight is 483 g/mol. The molecule has 178 valence electrons. The summed E-state index contributed by atoms with van der Waals surface area (Å²) in [5.74, 6) is 0.555. The van der Waals surface area contributed by atoms with Crippen LogP contribution in [-0.2, 0) is 11.8 Å². The first-order chi connectivity index (χ1) is 16.2. The van der Waals surface area contributed by atoms with Gasteiger partial charge >= 0.3 is 0 Å². The fourth-order valence-corrected chi connectivity index (χ4v) is 4.40. The molecule has 0 bridgehead atoms. The minimum Gasteiger partial charge on any atom is -0.493 e. The standard InChI is InChI=1S/C25H27ClN4O4/c1-13(2)34-18-11-8-16(12-19(18)33-5)21-20-14(3)29-30(4)23(20)28-25(32)22(21)27-24(31)15-6-9-17(26)10-7-15/h6-13,21-22H,1-5H3,(H,27,31)(H,28,32)/t21-,22+/m1/s1. The summed E-state index contributed by atoms with van der Waals surface area (Å²) in [6.07, 6.45) is -0.0289. The molecule has 0 spiro atoms. The Morgan fingerprint density at radius 1 is 1.18 bits per heavy atom. The zero-order chi connectivity index (χ0) is 24.6. The van der Waals surface area contributed by atoms with Crippen LogP contribution in [0, 0.1) is 6.92 Å². The largest absolute Gasteiger partial charge is 0.493 e. The van der Waals surface area contributed by atoms with E-state index in [1.165, 1.54) is 0 Å². The molecule has 1 aromatic heterocycles. The lowest BCUT2D eigenvalue weighted by atomic mass is 9.81. The number of amides is 2. The van der Waals surface area contributed by atoms with Gasteiger partial charge in [0.1, 0.15) is 11.9 Å². The van der Waals surface area contributed by atoms with Crippen molar-refractivity contribution in [3.63, 3.8) is 0 Å². The first-order valence-corrected chi connectivity index (χ1v) is 11.3. The van der Waals surface area contributed by atoms with Crippen LogP contribution in [-0.4, -0.2) is 40.9 Å². The normalized spacial score (nSPS) is 17.2. The highest BCUT2D eigenvalue weighted by molar-refractivity contribution is 6.30. The van der Waals surface area contributed by atoms with Gasteiger partial charge in [-0.3, -0.25) is 14.3 Å². The second-order valence-electron chi connectivity index (χ2n) is 8.47. The average Bonchev–Trinajstić information content (AvgIpc) is 3.07. The molecular weight excluding hydrogens is 456 g/mol. The topological polar surface area (TPSA) is 94.5 Å². The van der Waals surface area contributed by atoms with E-state index in [9.17, 15) is 9.59 Å². The summed E-state index contributed by atoms with van der Waals surface area (Å²) >= 11 is 5.96. The Morgan fingerprint density at radius 3 is 2.53 bits per heavy atom. The molecule has 0 saturated heterocycles. The van der Waals surface area contributed by atoms with Gasteiger partial charge in [-0.15, -0.1) is 0 Å².